The van der Waals surface area contributed by atoms with E-state index in [2.05, 4.69) is 36.5 Å². The van der Waals surface area contributed by atoms with Crippen molar-refractivity contribution >= 4 is 0 Å². The summed E-state index contributed by atoms with van der Waals surface area (Å²) in [4.78, 5) is 0. The van der Waals surface area contributed by atoms with E-state index < -0.39 is 0 Å². The minimum Gasteiger partial charge on any atom is -0.384 e. The molecular weight excluding hydrogens is 122 g/mol. The summed E-state index contributed by atoms with van der Waals surface area (Å²) < 4.78 is 0. The van der Waals surface area contributed by atoms with Gasteiger partial charge in [-0.2, -0.15) is 0 Å². The number of hydrogen-bond acceptors (Lipinski definition) is 1. The van der Waals surface area contributed by atoms with Crippen LogP contribution in [0.5, 0.6) is 0 Å². The Kier molecular flexibility index (Phi) is 1.16. The molecule has 1 aliphatic carbocycles. The van der Waals surface area contributed by atoms with Gasteiger partial charge in [0, 0.05) is 5.92 Å². The summed E-state index contributed by atoms with van der Waals surface area (Å²) in [5.41, 5.74) is 1.36. The van der Waals surface area contributed by atoms with Crippen LogP contribution in [0.25, 0.3) is 0 Å². The normalized spacial score (nSPS) is 35.1. The molecule has 10 heavy (non-hydrogen) atoms. The summed E-state index contributed by atoms with van der Waals surface area (Å²) >= 11 is 0. The summed E-state index contributed by atoms with van der Waals surface area (Å²) in [5.74, 6) is 0.601. The molecule has 0 aromatic heterocycles. The van der Waals surface area contributed by atoms with Crippen molar-refractivity contribution < 1.29 is 0 Å². The van der Waals surface area contributed by atoms with Gasteiger partial charge in [-0.1, -0.05) is 29.9 Å². The van der Waals surface area contributed by atoms with Gasteiger partial charge in [0.25, 0.3) is 0 Å². The average molecular weight is 133 g/mol. The van der Waals surface area contributed by atoms with Crippen LogP contribution in [-0.2, 0) is 0 Å². The van der Waals surface area contributed by atoms with Crippen molar-refractivity contribution in [3.8, 4) is 0 Å². The van der Waals surface area contributed by atoms with Crippen LogP contribution in [-0.4, -0.2) is 6.04 Å². The summed E-state index contributed by atoms with van der Waals surface area (Å²) in [6.07, 6.45) is 10.9. The molecule has 2 aliphatic rings. The maximum absolute atomic E-state index is 3.28. The Morgan fingerprint density at radius 3 is 3.20 bits per heavy atom. The van der Waals surface area contributed by atoms with Crippen molar-refractivity contribution in [2.45, 2.75) is 13.0 Å². The molecule has 0 spiro atoms. The first-order valence-electron chi connectivity index (χ1n) is 3.65. The van der Waals surface area contributed by atoms with Crippen LogP contribution in [0.4, 0.5) is 0 Å². The fourth-order valence-corrected chi connectivity index (χ4v) is 1.45. The molecule has 52 valence electrons. The molecule has 0 amide bonds. The van der Waals surface area contributed by atoms with E-state index in [1.54, 1.807) is 0 Å². The maximum Gasteiger partial charge on any atom is 0.0542 e. The third kappa shape index (κ3) is 0.783. The molecule has 1 heteroatoms. The van der Waals surface area contributed by atoms with Crippen molar-refractivity contribution in [3.05, 3.63) is 36.1 Å². The zero-order valence-corrected chi connectivity index (χ0v) is 6.04. The molecule has 0 saturated heterocycles. The topological polar surface area (TPSA) is 12.0 Å². The van der Waals surface area contributed by atoms with Crippen LogP contribution in [0, 0.1) is 5.92 Å². The van der Waals surface area contributed by atoms with Gasteiger partial charge >= 0.3 is 0 Å². The van der Waals surface area contributed by atoms with Gasteiger partial charge in [-0.05, 0) is 13.1 Å². The van der Waals surface area contributed by atoms with Crippen LogP contribution >= 0.6 is 0 Å². The zero-order valence-electron chi connectivity index (χ0n) is 6.04. The van der Waals surface area contributed by atoms with Gasteiger partial charge in [0.2, 0.25) is 0 Å². The van der Waals surface area contributed by atoms with E-state index in [4.69, 9.17) is 0 Å². The predicted octanol–water partition coefficient (Wildman–Crippen LogP) is 1.60. The lowest BCUT2D eigenvalue weighted by Crippen LogP contribution is -2.24. The van der Waals surface area contributed by atoms with Crippen molar-refractivity contribution in [2.24, 2.45) is 5.92 Å². The van der Waals surface area contributed by atoms with Gasteiger partial charge in [-0.25, -0.2) is 0 Å². The number of nitrogens with one attached hydrogen (secondary N) is 1. The van der Waals surface area contributed by atoms with Gasteiger partial charge in [0.05, 0.1) is 6.04 Å². The van der Waals surface area contributed by atoms with E-state index in [0.29, 0.717) is 12.0 Å². The zero-order chi connectivity index (χ0) is 6.97. The van der Waals surface area contributed by atoms with E-state index >= 15 is 0 Å². The highest BCUT2D eigenvalue weighted by Crippen LogP contribution is 2.21. The highest BCUT2D eigenvalue weighted by atomic mass is 14.9. The smallest absolute Gasteiger partial charge is 0.0542 e. The number of allylic oxidation sites excluding steroid dienone is 2. The van der Waals surface area contributed by atoms with Crippen LogP contribution in [0.1, 0.15) is 6.92 Å². The Balaban J connectivity index is 2.25. The first-order chi connectivity index (χ1) is 4.86. The van der Waals surface area contributed by atoms with Gasteiger partial charge in [-0.15, -0.1) is 0 Å². The quantitative estimate of drug-likeness (QED) is 0.529. The molecule has 1 heterocycles. The largest absolute Gasteiger partial charge is 0.384 e. The lowest BCUT2D eigenvalue weighted by molar-refractivity contribution is 0.645. The number of hydrogen-bond donors (Lipinski definition) is 1. The fraction of sp³-hybridized carbons (Fsp3) is 0.333. The second-order valence-electron chi connectivity index (χ2n) is 2.90. The Labute approximate surface area is 61.1 Å². The standard InChI is InChI=1S/C9H11N/c1-7-2-3-8-4-5-10-9(8)6-7/h2-6,8-10H,1H3. The number of fused-ring (bicyclic) bond motifs is 1. The highest BCUT2D eigenvalue weighted by molar-refractivity contribution is 5.30. The van der Waals surface area contributed by atoms with E-state index in [1.165, 1.54) is 5.57 Å². The van der Waals surface area contributed by atoms with Crippen molar-refractivity contribution in [1.82, 2.24) is 5.32 Å². The Bertz CT molecular complexity index is 223. The minimum atomic E-state index is 0.532. The van der Waals surface area contributed by atoms with E-state index in [-0.39, 0.29) is 0 Å². The molecule has 0 radical (unpaired) electrons. The van der Waals surface area contributed by atoms with Crippen molar-refractivity contribution in [1.29, 1.82) is 0 Å². The third-order valence-corrected chi connectivity index (χ3v) is 2.05. The van der Waals surface area contributed by atoms with Gasteiger partial charge in [0.1, 0.15) is 0 Å². The molecule has 1 nitrogen and oxygen atoms in total. The van der Waals surface area contributed by atoms with E-state index in [0.717, 1.165) is 0 Å². The first kappa shape index (κ1) is 5.78. The molecule has 2 rings (SSSR count). The summed E-state index contributed by atoms with van der Waals surface area (Å²) in [6.45, 7) is 2.13. The van der Waals surface area contributed by atoms with Crippen LogP contribution in [0.3, 0.4) is 0 Å². The Hall–Kier alpha value is -0.980. The molecule has 1 N–H and O–H groups in total. The van der Waals surface area contributed by atoms with E-state index in [1.807, 2.05) is 6.20 Å². The van der Waals surface area contributed by atoms with Gasteiger partial charge in [-0.3, -0.25) is 0 Å². The predicted molar refractivity (Wildman–Crippen MR) is 42.5 cm³/mol. The molecule has 1 aliphatic heterocycles. The SMILES string of the molecule is CC1=CC2NC=CC2C=C1. The molecule has 2 atom stereocenters. The fourth-order valence-electron chi connectivity index (χ4n) is 1.45. The molecule has 0 bridgehead atoms. The Morgan fingerprint density at radius 2 is 2.30 bits per heavy atom. The molecule has 0 aromatic carbocycles. The summed E-state index contributed by atoms with van der Waals surface area (Å²) in [5, 5.41) is 3.28. The second-order valence-corrected chi connectivity index (χ2v) is 2.90. The molecule has 0 fully saturated rings. The molecule has 0 saturated carbocycles. The minimum absolute atomic E-state index is 0.532. The average Bonchev–Trinajstić information content (AvgIpc) is 2.33. The molecule has 2 unspecified atom stereocenters. The third-order valence-electron chi connectivity index (χ3n) is 2.05. The Morgan fingerprint density at radius 1 is 1.40 bits per heavy atom. The molecule has 0 aromatic rings. The lowest BCUT2D eigenvalue weighted by atomic mass is 9.95. The van der Waals surface area contributed by atoms with Gasteiger partial charge in [0.15, 0.2) is 0 Å². The highest BCUT2D eigenvalue weighted by Gasteiger charge is 2.19. The van der Waals surface area contributed by atoms with Crippen LogP contribution in [0.15, 0.2) is 36.1 Å². The van der Waals surface area contributed by atoms with Crippen LogP contribution in [0.2, 0.25) is 0 Å². The first-order valence-corrected chi connectivity index (χ1v) is 3.65. The van der Waals surface area contributed by atoms with Crippen molar-refractivity contribution in [2.75, 3.05) is 0 Å². The monoisotopic (exact) mass is 133 g/mol. The van der Waals surface area contributed by atoms with Crippen molar-refractivity contribution in [3.63, 3.8) is 0 Å². The summed E-state index contributed by atoms with van der Waals surface area (Å²) in [6, 6.07) is 0.532. The molecular formula is C9H11N. The number of rotatable bonds is 0. The maximum atomic E-state index is 3.28. The van der Waals surface area contributed by atoms with E-state index in [9.17, 15) is 0 Å². The second kappa shape index (κ2) is 2.01. The lowest BCUT2D eigenvalue weighted by Gasteiger charge is -2.17. The van der Waals surface area contributed by atoms with Gasteiger partial charge < -0.3 is 5.32 Å². The summed E-state index contributed by atoms with van der Waals surface area (Å²) in [7, 11) is 0. The van der Waals surface area contributed by atoms with Crippen LogP contribution < -0.4 is 5.32 Å².